The molecule has 20 heavy (non-hydrogen) atoms. The lowest BCUT2D eigenvalue weighted by atomic mass is 9.78. The van der Waals surface area contributed by atoms with E-state index in [0.717, 1.165) is 12.0 Å². The monoisotopic (exact) mass is 275 g/mol. The molecule has 0 aliphatic heterocycles. The number of amides is 1. The summed E-state index contributed by atoms with van der Waals surface area (Å²) in [5, 5.41) is 3.24. The van der Waals surface area contributed by atoms with Crippen LogP contribution in [0.4, 0.5) is 0 Å². The van der Waals surface area contributed by atoms with Gasteiger partial charge in [0.1, 0.15) is 0 Å². The number of carbonyl (C=O) groups excluding carboxylic acids is 1. The van der Waals surface area contributed by atoms with Crippen LogP contribution >= 0.6 is 0 Å². The van der Waals surface area contributed by atoms with Crippen LogP contribution in [0, 0.1) is 18.3 Å². The number of benzene rings is 1. The van der Waals surface area contributed by atoms with E-state index in [0.29, 0.717) is 12.3 Å². The standard InChI is InChI=1S/C18H29NO/c1-7-13(2)17(18(4,5)6)19-16(20)12-15-11-9-8-10-14(15)3/h8-11,13,17H,7,12H2,1-6H3,(H,19,20). The van der Waals surface area contributed by atoms with Crippen molar-refractivity contribution in [3.8, 4) is 0 Å². The van der Waals surface area contributed by atoms with Crippen LogP contribution in [0.1, 0.15) is 52.2 Å². The first-order valence-corrected chi connectivity index (χ1v) is 7.59. The summed E-state index contributed by atoms with van der Waals surface area (Å²) in [6.07, 6.45) is 1.54. The second kappa shape index (κ2) is 6.92. The van der Waals surface area contributed by atoms with Gasteiger partial charge in [-0.2, -0.15) is 0 Å². The Morgan fingerprint density at radius 1 is 1.25 bits per heavy atom. The molecule has 2 nitrogen and oxygen atoms in total. The quantitative estimate of drug-likeness (QED) is 0.860. The SMILES string of the molecule is CCC(C)C(NC(=O)Cc1ccccc1C)C(C)(C)C. The average molecular weight is 275 g/mol. The molecule has 0 aromatic heterocycles. The Bertz CT molecular complexity index is 445. The molecular formula is C18H29NO. The first kappa shape index (κ1) is 16.7. The Labute approximate surface area is 124 Å². The fourth-order valence-electron chi connectivity index (χ4n) is 2.65. The normalized spacial score (nSPS) is 14.7. The molecule has 0 radical (unpaired) electrons. The highest BCUT2D eigenvalue weighted by molar-refractivity contribution is 5.79. The zero-order valence-corrected chi connectivity index (χ0v) is 13.8. The first-order chi connectivity index (χ1) is 9.25. The van der Waals surface area contributed by atoms with Crippen molar-refractivity contribution in [1.29, 1.82) is 0 Å². The number of hydrogen-bond acceptors (Lipinski definition) is 1. The molecule has 1 amide bonds. The molecule has 1 N–H and O–H groups in total. The predicted octanol–water partition coefficient (Wildman–Crippen LogP) is 4.11. The van der Waals surface area contributed by atoms with Gasteiger partial charge < -0.3 is 5.32 Å². The number of nitrogens with one attached hydrogen (secondary N) is 1. The summed E-state index contributed by atoms with van der Waals surface area (Å²) < 4.78 is 0. The fourth-order valence-corrected chi connectivity index (χ4v) is 2.65. The molecule has 2 unspecified atom stereocenters. The van der Waals surface area contributed by atoms with Crippen LogP contribution in [0.15, 0.2) is 24.3 Å². The average Bonchev–Trinajstić information content (AvgIpc) is 2.36. The van der Waals surface area contributed by atoms with Crippen LogP contribution in [-0.4, -0.2) is 11.9 Å². The van der Waals surface area contributed by atoms with Gasteiger partial charge in [0.15, 0.2) is 0 Å². The third-order valence-corrected chi connectivity index (χ3v) is 4.07. The Kier molecular flexibility index (Phi) is 5.79. The van der Waals surface area contributed by atoms with Crippen LogP contribution in [0.3, 0.4) is 0 Å². The van der Waals surface area contributed by atoms with Crippen LogP contribution in [0.5, 0.6) is 0 Å². The van der Waals surface area contributed by atoms with Crippen molar-refractivity contribution in [1.82, 2.24) is 5.32 Å². The molecule has 0 aliphatic rings. The van der Waals surface area contributed by atoms with Gasteiger partial charge in [0, 0.05) is 6.04 Å². The third-order valence-electron chi connectivity index (χ3n) is 4.07. The molecule has 1 aromatic rings. The van der Waals surface area contributed by atoms with E-state index in [1.165, 1.54) is 5.56 Å². The minimum atomic E-state index is 0.0802. The molecule has 2 atom stereocenters. The van der Waals surface area contributed by atoms with E-state index in [2.05, 4.69) is 52.9 Å². The maximum Gasteiger partial charge on any atom is 0.224 e. The van der Waals surface area contributed by atoms with Crippen LogP contribution in [0.25, 0.3) is 0 Å². The maximum atomic E-state index is 12.3. The van der Waals surface area contributed by atoms with E-state index in [1.54, 1.807) is 0 Å². The lowest BCUT2D eigenvalue weighted by molar-refractivity contribution is -0.122. The lowest BCUT2D eigenvalue weighted by Crippen LogP contribution is -2.48. The molecule has 2 heteroatoms. The number of hydrogen-bond donors (Lipinski definition) is 1. The zero-order valence-electron chi connectivity index (χ0n) is 13.8. The van der Waals surface area contributed by atoms with Gasteiger partial charge in [-0.1, -0.05) is 65.3 Å². The fraction of sp³-hybridized carbons (Fsp3) is 0.611. The minimum absolute atomic E-state index is 0.0802. The Balaban J connectivity index is 2.75. The van der Waals surface area contributed by atoms with E-state index in [4.69, 9.17) is 0 Å². The summed E-state index contributed by atoms with van der Waals surface area (Å²) in [6, 6.07) is 8.30. The van der Waals surface area contributed by atoms with Gasteiger partial charge in [0.2, 0.25) is 5.91 Å². The second-order valence-corrected chi connectivity index (χ2v) is 6.90. The molecule has 0 saturated carbocycles. The molecule has 1 rings (SSSR count). The van der Waals surface area contributed by atoms with Gasteiger partial charge in [-0.3, -0.25) is 4.79 Å². The summed E-state index contributed by atoms with van der Waals surface area (Å²) in [4.78, 5) is 12.3. The highest BCUT2D eigenvalue weighted by Crippen LogP contribution is 2.27. The molecule has 0 saturated heterocycles. The second-order valence-electron chi connectivity index (χ2n) is 6.90. The lowest BCUT2D eigenvalue weighted by Gasteiger charge is -2.36. The summed E-state index contributed by atoms with van der Waals surface area (Å²) in [7, 11) is 0. The van der Waals surface area contributed by atoms with Crippen molar-refractivity contribution in [2.75, 3.05) is 0 Å². The van der Waals surface area contributed by atoms with Gasteiger partial charge in [0.05, 0.1) is 6.42 Å². The van der Waals surface area contributed by atoms with Crippen molar-refractivity contribution in [2.45, 2.75) is 60.4 Å². The molecule has 0 fully saturated rings. The highest BCUT2D eigenvalue weighted by atomic mass is 16.1. The summed E-state index contributed by atoms with van der Waals surface area (Å²) in [5.41, 5.74) is 2.37. The predicted molar refractivity (Wildman–Crippen MR) is 85.7 cm³/mol. The van der Waals surface area contributed by atoms with Crippen LogP contribution < -0.4 is 5.32 Å². The Morgan fingerprint density at radius 3 is 2.35 bits per heavy atom. The summed E-state index contributed by atoms with van der Waals surface area (Å²) >= 11 is 0. The number of aryl methyl sites for hydroxylation is 1. The highest BCUT2D eigenvalue weighted by Gasteiger charge is 2.30. The van der Waals surface area contributed by atoms with Crippen molar-refractivity contribution < 1.29 is 4.79 Å². The third kappa shape index (κ3) is 4.66. The molecular weight excluding hydrogens is 246 g/mol. The van der Waals surface area contributed by atoms with E-state index in [-0.39, 0.29) is 17.4 Å². The van der Waals surface area contributed by atoms with Crippen molar-refractivity contribution in [3.63, 3.8) is 0 Å². The largest absolute Gasteiger partial charge is 0.352 e. The summed E-state index contributed by atoms with van der Waals surface area (Å²) in [6.45, 7) is 13.0. The first-order valence-electron chi connectivity index (χ1n) is 7.59. The maximum absolute atomic E-state index is 12.3. The topological polar surface area (TPSA) is 29.1 Å². The molecule has 0 spiro atoms. The number of rotatable bonds is 5. The van der Waals surface area contributed by atoms with Gasteiger partial charge >= 0.3 is 0 Å². The van der Waals surface area contributed by atoms with E-state index >= 15 is 0 Å². The van der Waals surface area contributed by atoms with Crippen molar-refractivity contribution >= 4 is 5.91 Å². The molecule has 112 valence electrons. The molecule has 1 aromatic carbocycles. The smallest absolute Gasteiger partial charge is 0.224 e. The minimum Gasteiger partial charge on any atom is -0.352 e. The van der Waals surface area contributed by atoms with Crippen molar-refractivity contribution in [3.05, 3.63) is 35.4 Å². The van der Waals surface area contributed by atoms with Crippen LogP contribution in [0.2, 0.25) is 0 Å². The number of carbonyl (C=O) groups is 1. The van der Waals surface area contributed by atoms with Gasteiger partial charge in [-0.25, -0.2) is 0 Å². The van der Waals surface area contributed by atoms with Crippen LogP contribution in [-0.2, 0) is 11.2 Å². The molecule has 0 aliphatic carbocycles. The molecule has 0 bridgehead atoms. The Morgan fingerprint density at radius 2 is 1.85 bits per heavy atom. The van der Waals surface area contributed by atoms with Crippen molar-refractivity contribution in [2.24, 2.45) is 11.3 Å². The zero-order chi connectivity index (χ0) is 15.3. The van der Waals surface area contributed by atoms with Gasteiger partial charge in [-0.05, 0) is 29.4 Å². The summed E-state index contributed by atoms with van der Waals surface area (Å²) in [5.74, 6) is 0.607. The molecule has 0 heterocycles. The van der Waals surface area contributed by atoms with E-state index < -0.39 is 0 Å². The van der Waals surface area contributed by atoms with E-state index in [1.807, 2.05) is 18.2 Å². The van der Waals surface area contributed by atoms with Gasteiger partial charge in [0.25, 0.3) is 0 Å². The Hall–Kier alpha value is -1.31. The van der Waals surface area contributed by atoms with E-state index in [9.17, 15) is 4.79 Å². The van der Waals surface area contributed by atoms with Gasteiger partial charge in [-0.15, -0.1) is 0 Å².